The van der Waals surface area contributed by atoms with Gasteiger partial charge in [-0.1, -0.05) is 6.04 Å². The first-order valence-electron chi connectivity index (χ1n) is 13.4. The van der Waals surface area contributed by atoms with Crippen molar-refractivity contribution in [1.29, 1.82) is 0 Å². The van der Waals surface area contributed by atoms with Crippen molar-refractivity contribution in [1.82, 2.24) is 15.2 Å². The molecule has 2 N–H and O–H groups in total. The van der Waals surface area contributed by atoms with Gasteiger partial charge in [-0.3, -0.25) is 0 Å². The van der Waals surface area contributed by atoms with E-state index in [2.05, 4.69) is 4.74 Å². The molecule has 1 aromatic heterocycles. The first-order valence-corrected chi connectivity index (χ1v) is 6.01. The highest BCUT2D eigenvalue weighted by atomic mass is 16.6. The van der Waals surface area contributed by atoms with Crippen molar-refractivity contribution >= 4 is 17.0 Å². The Bertz CT molecular complexity index is 1190. The third-order valence-electron chi connectivity index (χ3n) is 2.75. The minimum absolute atomic E-state index is 0.0448. The number of aromatic amines is 1. The van der Waals surface area contributed by atoms with E-state index in [1.54, 1.807) is 0 Å². The SMILES string of the molecule is [2H]c1c(C([2H])([2H])[C@H]2COC(=O)N2[2H])c([2H])c2c(C([2H])([2H])CN(C([2H])([2H])[2H])C([2H])([2H])[2H])cn([2H])c2c1[2H]. The normalized spacial score (nSPS) is 31.7. The van der Waals surface area contributed by atoms with Gasteiger partial charge in [-0.15, -0.1) is 0 Å². The Balaban J connectivity index is 2.28. The van der Waals surface area contributed by atoms with Crippen LogP contribution in [0.5, 0.6) is 0 Å². The predicted octanol–water partition coefficient (Wildman–Crippen LogP) is 1.92. The fourth-order valence-electron chi connectivity index (χ4n) is 1.85. The van der Waals surface area contributed by atoms with Crippen molar-refractivity contribution in [3.05, 3.63) is 35.5 Å². The third kappa shape index (κ3) is 3.19. The highest BCUT2D eigenvalue weighted by Crippen LogP contribution is 2.21. The van der Waals surface area contributed by atoms with E-state index >= 15 is 0 Å². The number of hydrogen-bond donors (Lipinski definition) is 2. The number of amides is 1. The van der Waals surface area contributed by atoms with Crippen LogP contribution in [-0.2, 0) is 17.5 Å². The van der Waals surface area contributed by atoms with Gasteiger partial charge in [-0.2, -0.15) is 0 Å². The standard InChI is InChI=1S/C16H21N3O2/c1-19(2)6-5-12-9-17-15-4-3-11(8-14(12)15)7-13-10-21-16(20)18-13/h3-4,8-9,13,17H,5-7,10H2,1-2H3,(H,18,20)/t13-/m0/s1/i1D3,2D3,3D,4D,5D2,7D2,8D/hD2. The van der Waals surface area contributed by atoms with Gasteiger partial charge in [0.15, 0.2) is 2.82 Å². The zero-order chi connectivity index (χ0) is 27.8. The lowest BCUT2D eigenvalue weighted by Crippen LogP contribution is -2.28. The summed E-state index contributed by atoms with van der Waals surface area (Å²) in [6.45, 7) is -8.32. The maximum Gasteiger partial charge on any atom is 0.407 e. The molecule has 0 aliphatic carbocycles. The lowest BCUT2D eigenvalue weighted by atomic mass is 10.0. The number of nitrogens with one attached hydrogen (secondary N) is 2. The minimum atomic E-state index is -3.24. The summed E-state index contributed by atoms with van der Waals surface area (Å²) in [5.74, 6) is 0. The van der Waals surface area contributed by atoms with E-state index in [4.69, 9.17) is 20.6 Å². The Hall–Kier alpha value is -2.01. The topological polar surface area (TPSA) is 57.4 Å². The van der Waals surface area contributed by atoms with E-state index in [1.807, 2.05) is 0 Å². The van der Waals surface area contributed by atoms with Crippen LogP contribution in [0, 0.1) is 0 Å². The molecule has 1 atom stereocenters. The van der Waals surface area contributed by atoms with Crippen LogP contribution in [0.4, 0.5) is 4.79 Å². The van der Waals surface area contributed by atoms with E-state index in [1.165, 1.54) is 0 Å². The Morgan fingerprint density at radius 2 is 2.52 bits per heavy atom. The quantitative estimate of drug-likeness (QED) is 0.887. The molecule has 112 valence electrons. The Labute approximate surface area is 145 Å². The van der Waals surface area contributed by atoms with E-state index in [0.29, 0.717) is 4.98 Å². The number of nitrogens with zero attached hydrogens (tertiary/aromatic N) is 1. The fraction of sp³-hybridized carbons (Fsp3) is 0.438. The summed E-state index contributed by atoms with van der Waals surface area (Å²) in [4.78, 5) is 12.0. The molecule has 1 aliphatic heterocycles. The summed E-state index contributed by atoms with van der Waals surface area (Å²) in [5.41, 5.74) is -1.80. The molecule has 1 amide bonds. The van der Waals surface area contributed by atoms with Gasteiger partial charge < -0.3 is 19.9 Å². The molecular weight excluding hydrogens is 266 g/mol. The molecule has 0 saturated carbocycles. The molecule has 0 unspecified atom stereocenters. The van der Waals surface area contributed by atoms with Gasteiger partial charge in [0.1, 0.15) is 6.61 Å². The minimum Gasteiger partial charge on any atom is -0.447 e. The maximum absolute atomic E-state index is 11.6. The van der Waals surface area contributed by atoms with E-state index in [0.717, 1.165) is 6.20 Å². The average Bonchev–Trinajstić information content (AvgIpc) is 3.23. The number of rotatable bonds is 5. The summed E-state index contributed by atoms with van der Waals surface area (Å²) in [6.07, 6.45) is -6.01. The second-order valence-corrected chi connectivity index (χ2v) is 4.27. The van der Waals surface area contributed by atoms with Crippen molar-refractivity contribution < 1.29 is 30.2 Å². The van der Waals surface area contributed by atoms with Crippen LogP contribution in [0.15, 0.2) is 24.3 Å². The number of ether oxygens (including phenoxy) is 1. The highest BCUT2D eigenvalue weighted by Gasteiger charge is 2.22. The molecule has 5 heteroatoms. The zero-order valence-corrected chi connectivity index (χ0v) is 10.7. The van der Waals surface area contributed by atoms with Crippen molar-refractivity contribution in [2.45, 2.75) is 18.8 Å². The van der Waals surface area contributed by atoms with Gasteiger partial charge >= 0.3 is 6.09 Å². The average molecular weight is 302 g/mol. The number of aromatic nitrogens is 1. The second-order valence-electron chi connectivity index (χ2n) is 4.27. The maximum atomic E-state index is 11.6. The number of carbonyl (C=O) groups excluding carboxylic acids is 1. The lowest BCUT2D eigenvalue weighted by molar-refractivity contribution is 0.177. The molecule has 1 fully saturated rings. The number of alkyl carbamates (subject to hydrolysis) is 1. The third-order valence-corrected chi connectivity index (χ3v) is 2.75. The number of cyclic esters (lactones) is 1. The van der Waals surface area contributed by atoms with Gasteiger partial charge in [0.25, 0.3) is 0 Å². The van der Waals surface area contributed by atoms with Gasteiger partial charge in [-0.25, -0.2) is 4.79 Å². The molecule has 1 aromatic carbocycles. The number of hydrogen-bond acceptors (Lipinski definition) is 3. The molecule has 0 bridgehead atoms. The molecule has 1 saturated heterocycles. The van der Waals surface area contributed by atoms with Gasteiger partial charge in [0.2, 0.25) is 0 Å². The predicted molar refractivity (Wildman–Crippen MR) is 82.5 cm³/mol. The zero-order valence-electron chi connectivity index (χ0n) is 25.7. The molecule has 21 heavy (non-hydrogen) atoms. The Kier molecular flexibility index (Phi) is 1.30. The van der Waals surface area contributed by atoms with Crippen molar-refractivity contribution in [2.24, 2.45) is 0 Å². The summed E-state index contributed by atoms with van der Waals surface area (Å²) in [7, 11) is 0. The van der Waals surface area contributed by atoms with Crippen molar-refractivity contribution in [2.75, 3.05) is 27.1 Å². The summed E-state index contributed by atoms with van der Waals surface area (Å²) in [5, 5.41) is -0.319. The van der Waals surface area contributed by atoms with E-state index < -0.39 is 92.1 Å². The van der Waals surface area contributed by atoms with Crippen molar-refractivity contribution in [3.63, 3.8) is 0 Å². The summed E-state index contributed by atoms with van der Waals surface area (Å²) >= 11 is 0. The van der Waals surface area contributed by atoms with Crippen LogP contribution >= 0.6 is 0 Å². The Morgan fingerprint density at radius 3 is 3.29 bits per heavy atom. The smallest absolute Gasteiger partial charge is 0.407 e. The molecule has 1 aliphatic rings. The number of carbonyl (C=O) groups is 1. The monoisotopic (exact) mass is 302 g/mol. The molecule has 0 spiro atoms. The molecular formula is C16H21N3O2. The van der Waals surface area contributed by atoms with Crippen LogP contribution in [0.3, 0.4) is 0 Å². The largest absolute Gasteiger partial charge is 0.447 e. The van der Waals surface area contributed by atoms with Crippen LogP contribution < -0.4 is 5.31 Å². The number of fused-ring (bicyclic) bond motifs is 1. The van der Waals surface area contributed by atoms with Crippen LogP contribution in [0.25, 0.3) is 10.9 Å². The molecule has 3 rings (SSSR count). The number of benzene rings is 1. The van der Waals surface area contributed by atoms with Gasteiger partial charge in [0.05, 0.1) is 10.2 Å². The number of H-pyrrole nitrogens is 1. The number of likely N-dealkylation sites (N-methyl/N-ethyl adjacent to an activating group) is 1. The first-order chi connectivity index (χ1) is 16.1. The van der Waals surface area contributed by atoms with Crippen molar-refractivity contribution in [3.8, 4) is 0 Å². The first kappa shape index (κ1) is 4.74. The lowest BCUT2D eigenvalue weighted by Gasteiger charge is -2.09. The Morgan fingerprint density at radius 1 is 1.62 bits per heavy atom. The van der Waals surface area contributed by atoms with Crippen LogP contribution in [0.1, 0.15) is 28.9 Å². The highest BCUT2D eigenvalue weighted by molar-refractivity contribution is 5.84. The molecule has 2 heterocycles. The van der Waals surface area contributed by atoms with Crippen LogP contribution in [-0.4, -0.2) is 49.1 Å². The summed E-state index contributed by atoms with van der Waals surface area (Å²) in [6, 6.07) is -4.05. The van der Waals surface area contributed by atoms with Gasteiger partial charge in [0, 0.05) is 37.4 Å². The van der Waals surface area contributed by atoms with Gasteiger partial charge in [-0.05, 0) is 49.9 Å². The molecule has 0 radical (unpaired) electrons. The molecule has 2 aromatic rings. The molecule has 5 nitrogen and oxygen atoms in total. The summed E-state index contributed by atoms with van der Waals surface area (Å²) < 4.78 is 125. The fourth-order valence-corrected chi connectivity index (χ4v) is 1.85. The van der Waals surface area contributed by atoms with Crippen LogP contribution in [0.2, 0.25) is 2.82 Å². The van der Waals surface area contributed by atoms with E-state index in [9.17, 15) is 4.79 Å². The van der Waals surface area contributed by atoms with E-state index in [-0.39, 0.29) is 10.2 Å². The second kappa shape index (κ2) is 5.77.